The Balaban J connectivity index is 1.99. The molecule has 0 aliphatic heterocycles. The fraction of sp³-hybridized carbons (Fsp3) is 0.348. The van der Waals surface area contributed by atoms with Crippen LogP contribution in [0.5, 0.6) is 11.5 Å². The van der Waals surface area contributed by atoms with Crippen LogP contribution < -0.4 is 14.9 Å². The Morgan fingerprint density at radius 3 is 2.39 bits per heavy atom. The molecule has 0 aliphatic carbocycles. The number of halogens is 1. The zero-order valence-corrected chi connectivity index (χ0v) is 19.1. The van der Waals surface area contributed by atoms with E-state index >= 15 is 0 Å². The Kier molecular flexibility index (Phi) is 8.45. The van der Waals surface area contributed by atoms with Crippen LogP contribution in [-0.2, 0) is 26.2 Å². The molecular weight excluding hydrogens is 420 g/mol. The van der Waals surface area contributed by atoms with Gasteiger partial charge in [-0.15, -0.1) is 0 Å². The van der Waals surface area contributed by atoms with Crippen molar-refractivity contribution < 1.29 is 23.8 Å². The summed E-state index contributed by atoms with van der Waals surface area (Å²) in [6, 6.07) is 11.2. The number of methoxy groups -OCH3 is 2. The standard InChI is InChI=1S/C23H27ClN2O5/c1-23(2,3)17-8-6-15(7-9-17)12-20(27)26-25-13-16-10-18(24)22(19(11-16)29-4)31-14-21(28)30-5/h6-11,13H,12,14H2,1-5H3,(H,26,27)/b25-13-. The minimum atomic E-state index is -0.542. The summed E-state index contributed by atoms with van der Waals surface area (Å²) in [5.41, 5.74) is 5.25. The van der Waals surface area contributed by atoms with Crippen LogP contribution in [0, 0.1) is 0 Å². The molecule has 0 unspecified atom stereocenters. The van der Waals surface area contributed by atoms with Crippen molar-refractivity contribution in [3.8, 4) is 11.5 Å². The number of ether oxygens (including phenoxy) is 3. The fourth-order valence-corrected chi connectivity index (χ4v) is 2.94. The lowest BCUT2D eigenvalue weighted by Crippen LogP contribution is -2.20. The molecule has 0 aliphatic rings. The van der Waals surface area contributed by atoms with Gasteiger partial charge in [-0.05, 0) is 34.2 Å². The highest BCUT2D eigenvalue weighted by Gasteiger charge is 2.14. The van der Waals surface area contributed by atoms with Gasteiger partial charge in [0.25, 0.3) is 0 Å². The monoisotopic (exact) mass is 446 g/mol. The third-order valence-corrected chi connectivity index (χ3v) is 4.68. The third kappa shape index (κ3) is 7.29. The molecule has 0 atom stereocenters. The van der Waals surface area contributed by atoms with Crippen LogP contribution in [-0.4, -0.2) is 38.9 Å². The van der Waals surface area contributed by atoms with Crippen LogP contribution in [0.3, 0.4) is 0 Å². The van der Waals surface area contributed by atoms with E-state index in [-0.39, 0.29) is 35.1 Å². The van der Waals surface area contributed by atoms with E-state index in [1.54, 1.807) is 12.1 Å². The Hall–Kier alpha value is -3.06. The number of hydrazone groups is 1. The van der Waals surface area contributed by atoms with Gasteiger partial charge in [0.1, 0.15) is 0 Å². The summed E-state index contributed by atoms with van der Waals surface area (Å²) in [7, 11) is 2.71. The minimum absolute atomic E-state index is 0.0628. The molecule has 1 N–H and O–H groups in total. The number of rotatable bonds is 8. The second kappa shape index (κ2) is 10.8. The summed E-state index contributed by atoms with van der Waals surface area (Å²) in [6.07, 6.45) is 1.66. The van der Waals surface area contributed by atoms with Crippen LogP contribution in [0.15, 0.2) is 41.5 Å². The molecule has 7 nitrogen and oxygen atoms in total. The van der Waals surface area contributed by atoms with Gasteiger partial charge in [-0.1, -0.05) is 56.6 Å². The number of nitrogens with zero attached hydrogens (tertiary/aromatic N) is 1. The first kappa shape index (κ1) is 24.2. The number of esters is 1. The second-order valence-electron chi connectivity index (χ2n) is 7.82. The molecule has 2 aromatic carbocycles. The Morgan fingerprint density at radius 1 is 1.13 bits per heavy atom. The van der Waals surface area contributed by atoms with E-state index in [1.165, 1.54) is 26.0 Å². The summed E-state index contributed by atoms with van der Waals surface area (Å²) in [4.78, 5) is 23.4. The molecule has 2 rings (SSSR count). The van der Waals surface area contributed by atoms with Gasteiger partial charge in [-0.25, -0.2) is 10.2 Å². The molecule has 0 heterocycles. The van der Waals surface area contributed by atoms with Gasteiger partial charge in [0.2, 0.25) is 5.91 Å². The zero-order valence-electron chi connectivity index (χ0n) is 18.3. The van der Waals surface area contributed by atoms with Crippen LogP contribution in [0.2, 0.25) is 5.02 Å². The molecule has 2 aromatic rings. The van der Waals surface area contributed by atoms with E-state index in [2.05, 4.69) is 36.0 Å². The minimum Gasteiger partial charge on any atom is -0.493 e. The van der Waals surface area contributed by atoms with Gasteiger partial charge in [-0.2, -0.15) is 5.10 Å². The predicted octanol–water partition coefficient (Wildman–Crippen LogP) is 3.89. The highest BCUT2D eigenvalue weighted by molar-refractivity contribution is 6.32. The van der Waals surface area contributed by atoms with Crippen molar-refractivity contribution in [3.63, 3.8) is 0 Å². The smallest absolute Gasteiger partial charge is 0.343 e. The molecule has 0 radical (unpaired) electrons. The van der Waals surface area contributed by atoms with Crippen LogP contribution in [0.25, 0.3) is 0 Å². The van der Waals surface area contributed by atoms with Crippen molar-refractivity contribution in [1.82, 2.24) is 5.43 Å². The number of hydrogen-bond donors (Lipinski definition) is 1. The molecular formula is C23H27ClN2O5. The van der Waals surface area contributed by atoms with Gasteiger partial charge >= 0.3 is 5.97 Å². The highest BCUT2D eigenvalue weighted by Crippen LogP contribution is 2.36. The van der Waals surface area contributed by atoms with Gasteiger partial charge < -0.3 is 14.2 Å². The second-order valence-corrected chi connectivity index (χ2v) is 8.22. The quantitative estimate of drug-likeness (QED) is 0.377. The molecule has 166 valence electrons. The summed E-state index contributed by atoms with van der Waals surface area (Å²) < 4.78 is 15.2. The van der Waals surface area contributed by atoms with E-state index in [4.69, 9.17) is 21.1 Å². The number of hydrogen-bond acceptors (Lipinski definition) is 6. The lowest BCUT2D eigenvalue weighted by molar-refractivity contribution is -0.142. The normalized spacial score (nSPS) is 11.3. The van der Waals surface area contributed by atoms with Crippen molar-refractivity contribution in [2.45, 2.75) is 32.6 Å². The maximum Gasteiger partial charge on any atom is 0.343 e. The van der Waals surface area contributed by atoms with Crippen molar-refractivity contribution in [1.29, 1.82) is 0 Å². The molecule has 31 heavy (non-hydrogen) atoms. The topological polar surface area (TPSA) is 86.2 Å². The summed E-state index contributed by atoms with van der Waals surface area (Å²) >= 11 is 6.23. The van der Waals surface area contributed by atoms with E-state index in [9.17, 15) is 9.59 Å². The molecule has 0 saturated heterocycles. The predicted molar refractivity (Wildman–Crippen MR) is 120 cm³/mol. The Morgan fingerprint density at radius 2 is 1.81 bits per heavy atom. The number of benzene rings is 2. The Bertz CT molecular complexity index is 950. The van der Waals surface area contributed by atoms with Crippen molar-refractivity contribution >= 4 is 29.7 Å². The number of amides is 1. The van der Waals surface area contributed by atoms with E-state index < -0.39 is 5.97 Å². The molecule has 0 bridgehead atoms. The lowest BCUT2D eigenvalue weighted by Gasteiger charge is -2.19. The molecule has 8 heteroatoms. The van der Waals surface area contributed by atoms with Crippen molar-refractivity contribution in [2.75, 3.05) is 20.8 Å². The number of carbonyl (C=O) groups excluding carboxylic acids is 2. The number of carbonyl (C=O) groups is 2. The van der Waals surface area contributed by atoms with Crippen molar-refractivity contribution in [2.24, 2.45) is 5.10 Å². The third-order valence-electron chi connectivity index (χ3n) is 4.40. The van der Waals surface area contributed by atoms with E-state index in [0.29, 0.717) is 11.3 Å². The maximum absolute atomic E-state index is 12.2. The van der Waals surface area contributed by atoms with Gasteiger partial charge in [0.05, 0.1) is 31.9 Å². The van der Waals surface area contributed by atoms with Gasteiger partial charge in [-0.3, -0.25) is 4.79 Å². The van der Waals surface area contributed by atoms with Crippen LogP contribution in [0.1, 0.15) is 37.5 Å². The summed E-state index contributed by atoms with van der Waals surface area (Å²) in [6.45, 7) is 6.13. The molecule has 0 spiro atoms. The average Bonchev–Trinajstić information content (AvgIpc) is 2.72. The van der Waals surface area contributed by atoms with Gasteiger partial charge in [0.15, 0.2) is 18.1 Å². The van der Waals surface area contributed by atoms with E-state index in [1.807, 2.05) is 24.3 Å². The summed E-state index contributed by atoms with van der Waals surface area (Å²) in [5, 5.41) is 4.21. The molecule has 0 saturated carbocycles. The molecule has 0 aromatic heterocycles. The van der Waals surface area contributed by atoms with Crippen molar-refractivity contribution in [3.05, 3.63) is 58.1 Å². The van der Waals surface area contributed by atoms with Crippen LogP contribution in [0.4, 0.5) is 0 Å². The Labute approximate surface area is 187 Å². The molecule has 0 fully saturated rings. The largest absolute Gasteiger partial charge is 0.493 e. The molecule has 1 amide bonds. The maximum atomic E-state index is 12.2. The highest BCUT2D eigenvalue weighted by atomic mass is 35.5. The first-order chi connectivity index (χ1) is 14.6. The lowest BCUT2D eigenvalue weighted by atomic mass is 9.86. The van der Waals surface area contributed by atoms with Gasteiger partial charge in [0, 0.05) is 0 Å². The first-order valence-corrected chi connectivity index (χ1v) is 10.00. The summed E-state index contributed by atoms with van der Waals surface area (Å²) in [5.74, 6) is -0.243. The fourth-order valence-electron chi connectivity index (χ4n) is 2.67. The van der Waals surface area contributed by atoms with Crippen LogP contribution >= 0.6 is 11.6 Å². The SMILES string of the molecule is COC(=O)COc1c(Cl)cc(/C=N\NC(=O)Cc2ccc(C(C)(C)C)cc2)cc1OC. The average molecular weight is 447 g/mol. The van der Waals surface area contributed by atoms with E-state index in [0.717, 1.165) is 5.56 Å². The zero-order chi connectivity index (χ0) is 23.0. The number of nitrogens with one attached hydrogen (secondary N) is 1. The first-order valence-electron chi connectivity index (χ1n) is 9.62.